The average Bonchev–Trinajstić information content (AvgIpc) is 2.75. The van der Waals surface area contributed by atoms with Crippen molar-refractivity contribution in [2.75, 3.05) is 40.4 Å². The minimum absolute atomic E-state index is 0.382. The van der Waals surface area contributed by atoms with Crippen LogP contribution in [0.3, 0.4) is 0 Å². The first-order chi connectivity index (χ1) is 13.6. The number of hydrogen-bond acceptors (Lipinski definition) is 6. The van der Waals surface area contributed by atoms with Gasteiger partial charge in [0.15, 0.2) is 11.5 Å². The summed E-state index contributed by atoms with van der Waals surface area (Å²) >= 11 is 0. The highest BCUT2D eigenvalue weighted by Crippen LogP contribution is 2.28. The zero-order valence-corrected chi connectivity index (χ0v) is 16.1. The van der Waals surface area contributed by atoms with Gasteiger partial charge in [0, 0.05) is 38.3 Å². The van der Waals surface area contributed by atoms with E-state index in [9.17, 15) is 9.59 Å². The number of ether oxygens (including phenoxy) is 3. The lowest BCUT2D eigenvalue weighted by atomic mass is 10.1. The van der Waals surface area contributed by atoms with Crippen molar-refractivity contribution >= 4 is 12.4 Å². The SMILES string of the molecule is COc1ccc(C(=O)Oc2ccccc2CN2CCN(C=O)CC2)cc1OC. The number of piperazine rings is 1. The number of amides is 1. The Kier molecular flexibility index (Phi) is 6.49. The summed E-state index contributed by atoms with van der Waals surface area (Å²) < 4.78 is 16.1. The molecule has 7 heteroatoms. The van der Waals surface area contributed by atoms with Gasteiger partial charge in [0.05, 0.1) is 19.8 Å². The molecule has 0 N–H and O–H groups in total. The van der Waals surface area contributed by atoms with E-state index >= 15 is 0 Å². The lowest BCUT2D eigenvalue weighted by Crippen LogP contribution is -2.45. The second-order valence-corrected chi connectivity index (χ2v) is 6.48. The van der Waals surface area contributed by atoms with Gasteiger partial charge < -0.3 is 19.1 Å². The molecule has 2 aromatic rings. The summed E-state index contributed by atoms with van der Waals surface area (Å²) in [5, 5.41) is 0. The first kappa shape index (κ1) is 19.7. The Balaban J connectivity index is 1.71. The average molecular weight is 384 g/mol. The van der Waals surface area contributed by atoms with Crippen molar-refractivity contribution in [1.82, 2.24) is 9.80 Å². The van der Waals surface area contributed by atoms with Crippen molar-refractivity contribution in [2.24, 2.45) is 0 Å². The van der Waals surface area contributed by atoms with E-state index in [0.717, 1.165) is 25.1 Å². The molecule has 7 nitrogen and oxygen atoms in total. The third-order valence-corrected chi connectivity index (χ3v) is 4.74. The summed E-state index contributed by atoms with van der Waals surface area (Å²) in [5.74, 6) is 1.09. The number of carbonyl (C=O) groups excluding carboxylic acids is 2. The molecule has 1 amide bonds. The van der Waals surface area contributed by atoms with Crippen molar-refractivity contribution in [2.45, 2.75) is 6.54 Å². The fraction of sp³-hybridized carbons (Fsp3) is 0.333. The molecule has 0 saturated carbocycles. The van der Waals surface area contributed by atoms with Crippen molar-refractivity contribution in [1.29, 1.82) is 0 Å². The molecule has 0 aromatic heterocycles. The molecule has 1 aliphatic rings. The topological polar surface area (TPSA) is 68.3 Å². The molecule has 0 bridgehead atoms. The van der Waals surface area contributed by atoms with Gasteiger partial charge in [0.2, 0.25) is 6.41 Å². The fourth-order valence-electron chi connectivity index (χ4n) is 3.12. The maximum absolute atomic E-state index is 12.6. The fourth-order valence-corrected chi connectivity index (χ4v) is 3.12. The Hall–Kier alpha value is -3.06. The smallest absolute Gasteiger partial charge is 0.343 e. The number of rotatable bonds is 7. The van der Waals surface area contributed by atoms with Crippen LogP contribution in [-0.4, -0.2) is 62.6 Å². The van der Waals surface area contributed by atoms with Crippen molar-refractivity contribution < 1.29 is 23.8 Å². The summed E-state index contributed by atoms with van der Waals surface area (Å²) in [6, 6.07) is 12.4. The van der Waals surface area contributed by atoms with Crippen LogP contribution in [0.15, 0.2) is 42.5 Å². The van der Waals surface area contributed by atoms with Crippen LogP contribution in [0.4, 0.5) is 0 Å². The van der Waals surface area contributed by atoms with E-state index in [-0.39, 0.29) is 0 Å². The van der Waals surface area contributed by atoms with E-state index in [1.165, 1.54) is 7.11 Å². The highest BCUT2D eigenvalue weighted by molar-refractivity contribution is 5.92. The lowest BCUT2D eigenvalue weighted by Gasteiger charge is -2.32. The molecular weight excluding hydrogens is 360 g/mol. The van der Waals surface area contributed by atoms with Crippen LogP contribution >= 0.6 is 0 Å². The largest absolute Gasteiger partial charge is 0.493 e. The Labute approximate surface area is 164 Å². The van der Waals surface area contributed by atoms with Crippen LogP contribution in [0.1, 0.15) is 15.9 Å². The second kappa shape index (κ2) is 9.23. The van der Waals surface area contributed by atoms with E-state index in [2.05, 4.69) is 4.90 Å². The molecule has 1 aliphatic heterocycles. The second-order valence-electron chi connectivity index (χ2n) is 6.48. The lowest BCUT2D eigenvalue weighted by molar-refractivity contribution is -0.119. The number of benzene rings is 2. The van der Waals surface area contributed by atoms with E-state index in [4.69, 9.17) is 14.2 Å². The number of esters is 1. The normalized spacial score (nSPS) is 14.4. The molecule has 0 radical (unpaired) electrons. The molecule has 0 unspecified atom stereocenters. The van der Waals surface area contributed by atoms with Gasteiger partial charge in [-0.1, -0.05) is 18.2 Å². The summed E-state index contributed by atoms with van der Waals surface area (Å²) in [7, 11) is 3.06. The maximum atomic E-state index is 12.6. The van der Waals surface area contributed by atoms with Gasteiger partial charge in [0.25, 0.3) is 0 Å². The van der Waals surface area contributed by atoms with Gasteiger partial charge in [-0.25, -0.2) is 4.79 Å². The Morgan fingerprint density at radius 3 is 2.36 bits per heavy atom. The van der Waals surface area contributed by atoms with Crippen LogP contribution in [0, 0.1) is 0 Å². The molecule has 28 heavy (non-hydrogen) atoms. The highest BCUT2D eigenvalue weighted by atomic mass is 16.5. The van der Waals surface area contributed by atoms with E-state index in [1.807, 2.05) is 18.2 Å². The standard InChI is InChI=1S/C21H24N2O5/c1-26-19-8-7-16(13-20(19)27-2)21(25)28-18-6-4-3-5-17(18)14-22-9-11-23(15-24)12-10-22/h3-8,13,15H,9-12,14H2,1-2H3. The van der Waals surface area contributed by atoms with Crippen LogP contribution in [0.25, 0.3) is 0 Å². The number of para-hydroxylation sites is 1. The molecule has 1 fully saturated rings. The number of carbonyl (C=O) groups is 2. The monoisotopic (exact) mass is 384 g/mol. The Bertz CT molecular complexity index is 831. The number of nitrogens with zero attached hydrogens (tertiary/aromatic N) is 2. The van der Waals surface area contributed by atoms with E-state index < -0.39 is 5.97 Å². The maximum Gasteiger partial charge on any atom is 0.343 e. The van der Waals surface area contributed by atoms with Gasteiger partial charge in [-0.2, -0.15) is 0 Å². The first-order valence-electron chi connectivity index (χ1n) is 9.08. The zero-order valence-electron chi connectivity index (χ0n) is 16.1. The molecular formula is C21H24N2O5. The van der Waals surface area contributed by atoms with Gasteiger partial charge >= 0.3 is 5.97 Å². The molecule has 2 aromatic carbocycles. The predicted molar refractivity (Wildman–Crippen MR) is 104 cm³/mol. The highest BCUT2D eigenvalue weighted by Gasteiger charge is 2.19. The van der Waals surface area contributed by atoms with Crippen LogP contribution < -0.4 is 14.2 Å². The molecule has 0 aliphatic carbocycles. The van der Waals surface area contributed by atoms with Crippen LogP contribution in [0.5, 0.6) is 17.2 Å². The van der Waals surface area contributed by atoms with Crippen LogP contribution in [0.2, 0.25) is 0 Å². The van der Waals surface area contributed by atoms with Gasteiger partial charge in [-0.3, -0.25) is 9.69 Å². The van der Waals surface area contributed by atoms with Crippen LogP contribution in [-0.2, 0) is 11.3 Å². The third-order valence-electron chi connectivity index (χ3n) is 4.74. The van der Waals surface area contributed by atoms with E-state index in [1.54, 1.807) is 36.3 Å². The van der Waals surface area contributed by atoms with Crippen molar-refractivity contribution in [3.63, 3.8) is 0 Å². The minimum atomic E-state index is -0.459. The first-order valence-corrected chi connectivity index (χ1v) is 9.08. The molecule has 0 atom stereocenters. The molecule has 3 rings (SSSR count). The third kappa shape index (κ3) is 4.61. The van der Waals surface area contributed by atoms with Gasteiger partial charge in [-0.15, -0.1) is 0 Å². The number of methoxy groups -OCH3 is 2. The van der Waals surface area contributed by atoms with Gasteiger partial charge in [0.1, 0.15) is 5.75 Å². The summed E-state index contributed by atoms with van der Waals surface area (Å²) in [4.78, 5) is 27.5. The van der Waals surface area contributed by atoms with Crippen molar-refractivity contribution in [3.05, 3.63) is 53.6 Å². The zero-order chi connectivity index (χ0) is 19.9. The van der Waals surface area contributed by atoms with Gasteiger partial charge in [-0.05, 0) is 24.3 Å². The molecule has 1 heterocycles. The molecule has 0 spiro atoms. The predicted octanol–water partition coefficient (Wildman–Crippen LogP) is 2.20. The Morgan fingerprint density at radius 2 is 1.68 bits per heavy atom. The molecule has 148 valence electrons. The Morgan fingerprint density at radius 1 is 0.964 bits per heavy atom. The van der Waals surface area contributed by atoms with E-state index in [0.29, 0.717) is 42.4 Å². The molecule has 1 saturated heterocycles. The summed E-state index contributed by atoms with van der Waals surface area (Å²) in [6.45, 7) is 3.64. The summed E-state index contributed by atoms with van der Waals surface area (Å²) in [5.41, 5.74) is 1.31. The minimum Gasteiger partial charge on any atom is -0.493 e. The number of hydrogen-bond donors (Lipinski definition) is 0. The van der Waals surface area contributed by atoms with Crippen molar-refractivity contribution in [3.8, 4) is 17.2 Å². The summed E-state index contributed by atoms with van der Waals surface area (Å²) in [6.07, 6.45) is 0.885. The quantitative estimate of drug-likeness (QED) is 0.414.